The van der Waals surface area contributed by atoms with Gasteiger partial charge < -0.3 is 14.8 Å². The number of amides is 1. The van der Waals surface area contributed by atoms with E-state index >= 15 is 0 Å². The lowest BCUT2D eigenvalue weighted by Gasteiger charge is -2.31. The summed E-state index contributed by atoms with van der Waals surface area (Å²) in [5.74, 6) is 0.463. The predicted octanol–water partition coefficient (Wildman–Crippen LogP) is 6.40. The second-order valence-electron chi connectivity index (χ2n) is 10.1. The Morgan fingerprint density at radius 1 is 1.00 bits per heavy atom. The minimum absolute atomic E-state index is 0.197. The van der Waals surface area contributed by atoms with Crippen LogP contribution in [0.25, 0.3) is 10.9 Å². The summed E-state index contributed by atoms with van der Waals surface area (Å²) in [6.45, 7) is 9.38. The van der Waals surface area contributed by atoms with Gasteiger partial charge in [0.25, 0.3) is 5.91 Å². The van der Waals surface area contributed by atoms with Gasteiger partial charge in [0, 0.05) is 30.5 Å². The number of hydrogen-bond donors (Lipinski definition) is 1. The Labute approximate surface area is 219 Å². The number of halogens is 1. The maximum atomic E-state index is 14.0. The van der Waals surface area contributed by atoms with E-state index in [1.807, 2.05) is 28.8 Å². The lowest BCUT2D eigenvalue weighted by Crippen LogP contribution is -2.45. The minimum Gasteiger partial charge on any atom is -0.356 e. The van der Waals surface area contributed by atoms with E-state index in [4.69, 9.17) is 0 Å². The zero-order valence-electron chi connectivity index (χ0n) is 21.9. The maximum Gasteiger partial charge on any atom is 0.272 e. The average Bonchev–Trinajstić information content (AvgIpc) is 3.23. The van der Waals surface area contributed by atoms with Crippen LogP contribution in [0.15, 0.2) is 66.9 Å². The Morgan fingerprint density at radius 2 is 1.78 bits per heavy atom. The molecule has 192 valence electrons. The Bertz CT molecular complexity index is 1400. The van der Waals surface area contributed by atoms with E-state index in [9.17, 15) is 9.18 Å². The largest absolute Gasteiger partial charge is 0.356 e. The zero-order chi connectivity index (χ0) is 26.0. The van der Waals surface area contributed by atoms with Gasteiger partial charge in [-0.05, 0) is 48.4 Å². The van der Waals surface area contributed by atoms with Gasteiger partial charge in [-0.2, -0.15) is 0 Å². The fourth-order valence-electron chi connectivity index (χ4n) is 5.53. The smallest absolute Gasteiger partial charge is 0.272 e. The van der Waals surface area contributed by atoms with Gasteiger partial charge in [0.1, 0.15) is 17.3 Å². The summed E-state index contributed by atoms with van der Waals surface area (Å²) in [7, 11) is -1.57. The standard InChI is InChI=1S/C30H35FN4OSi/c1-4-37(5-2,6-3)26-12-13-27-23(18-26)19-28(35(27)21-22-9-7-10-24(31)17-22)30(36)33-25-11-14-29(32-20-25)34-15-8-16-34/h7,9-14,17-20H,4-6,8,15-16,21H2,1-3H3,(H,33,36). The SMILES string of the molecule is CC[Si](CC)(CC)c1ccc2c(c1)cc(C(=O)Nc1ccc(N3CCC3)nc1)n2Cc1cccc(F)c1. The highest BCUT2D eigenvalue weighted by Crippen LogP contribution is 2.27. The number of nitrogens with one attached hydrogen (secondary N) is 1. The molecule has 5 rings (SSSR count). The van der Waals surface area contributed by atoms with Crippen LogP contribution in [0.2, 0.25) is 18.1 Å². The lowest BCUT2D eigenvalue weighted by molar-refractivity contribution is 0.101. The second kappa shape index (κ2) is 10.5. The first kappa shape index (κ1) is 25.2. The monoisotopic (exact) mass is 514 g/mol. The van der Waals surface area contributed by atoms with Gasteiger partial charge in [-0.25, -0.2) is 9.37 Å². The molecule has 1 fully saturated rings. The van der Waals surface area contributed by atoms with Gasteiger partial charge in [0.05, 0.1) is 20.0 Å². The van der Waals surface area contributed by atoms with Gasteiger partial charge in [0.15, 0.2) is 0 Å². The van der Waals surface area contributed by atoms with Crippen molar-refractivity contribution in [2.45, 2.75) is 51.9 Å². The third-order valence-corrected chi connectivity index (χ3v) is 13.8. The third-order valence-electron chi connectivity index (χ3n) is 8.19. The highest BCUT2D eigenvalue weighted by atomic mass is 28.3. The molecule has 1 N–H and O–H groups in total. The molecule has 1 saturated heterocycles. The number of anilines is 2. The summed E-state index contributed by atoms with van der Waals surface area (Å²) in [4.78, 5) is 20.3. The van der Waals surface area contributed by atoms with Crippen LogP contribution in [0.4, 0.5) is 15.9 Å². The molecule has 1 aliphatic heterocycles. The molecule has 4 aromatic rings. The van der Waals surface area contributed by atoms with Crippen molar-refractivity contribution in [2.75, 3.05) is 23.3 Å². The van der Waals surface area contributed by atoms with Crippen LogP contribution in [0, 0.1) is 5.82 Å². The normalized spacial score (nSPS) is 13.6. The topological polar surface area (TPSA) is 50.2 Å². The van der Waals surface area contributed by atoms with Crippen LogP contribution < -0.4 is 15.4 Å². The van der Waals surface area contributed by atoms with Crippen molar-refractivity contribution in [1.82, 2.24) is 9.55 Å². The number of rotatable bonds is 9. The Morgan fingerprint density at radius 3 is 2.41 bits per heavy atom. The van der Waals surface area contributed by atoms with E-state index in [2.05, 4.69) is 54.2 Å². The number of hydrogen-bond acceptors (Lipinski definition) is 3. The van der Waals surface area contributed by atoms with Crippen molar-refractivity contribution in [1.29, 1.82) is 0 Å². The van der Waals surface area contributed by atoms with Crippen molar-refractivity contribution in [2.24, 2.45) is 0 Å². The quantitative estimate of drug-likeness (QED) is 0.263. The van der Waals surface area contributed by atoms with Crippen molar-refractivity contribution in [3.8, 4) is 0 Å². The van der Waals surface area contributed by atoms with Gasteiger partial charge in [0.2, 0.25) is 0 Å². The fourth-order valence-corrected chi connectivity index (χ4v) is 9.15. The first-order valence-corrected chi connectivity index (χ1v) is 16.0. The van der Waals surface area contributed by atoms with E-state index in [1.54, 1.807) is 12.3 Å². The number of pyridine rings is 1. The average molecular weight is 515 g/mol. The van der Waals surface area contributed by atoms with Gasteiger partial charge >= 0.3 is 0 Å². The first-order chi connectivity index (χ1) is 18.0. The molecule has 7 heteroatoms. The molecule has 37 heavy (non-hydrogen) atoms. The van der Waals surface area contributed by atoms with Gasteiger partial charge in [-0.15, -0.1) is 0 Å². The molecule has 5 nitrogen and oxygen atoms in total. The summed E-state index contributed by atoms with van der Waals surface area (Å²) in [5, 5.41) is 5.52. The van der Waals surface area contributed by atoms with Crippen molar-refractivity contribution in [3.63, 3.8) is 0 Å². The zero-order valence-corrected chi connectivity index (χ0v) is 22.9. The number of aromatic nitrogens is 2. The van der Waals surface area contributed by atoms with Crippen molar-refractivity contribution in [3.05, 3.63) is 83.9 Å². The number of benzene rings is 2. The van der Waals surface area contributed by atoms with Crippen LogP contribution >= 0.6 is 0 Å². The Balaban J connectivity index is 1.52. The highest BCUT2D eigenvalue weighted by molar-refractivity contribution is 6.91. The van der Waals surface area contributed by atoms with Gasteiger partial charge in [-0.3, -0.25) is 4.79 Å². The van der Waals surface area contributed by atoms with Crippen LogP contribution in [-0.2, 0) is 6.54 Å². The molecule has 1 aliphatic rings. The van der Waals surface area contributed by atoms with Crippen molar-refractivity contribution < 1.29 is 9.18 Å². The highest BCUT2D eigenvalue weighted by Gasteiger charge is 2.29. The molecule has 0 atom stereocenters. The molecule has 0 spiro atoms. The second-order valence-corrected chi connectivity index (χ2v) is 15.3. The number of nitrogens with zero attached hydrogens (tertiary/aromatic N) is 3. The van der Waals surface area contributed by atoms with Crippen molar-refractivity contribution >= 4 is 41.6 Å². The number of carbonyl (C=O) groups excluding carboxylic acids is 1. The van der Waals surface area contributed by atoms with Crippen LogP contribution in [0.5, 0.6) is 0 Å². The van der Waals surface area contributed by atoms with E-state index in [0.29, 0.717) is 17.9 Å². The minimum atomic E-state index is -1.57. The third kappa shape index (κ3) is 4.92. The molecular weight excluding hydrogens is 479 g/mol. The summed E-state index contributed by atoms with van der Waals surface area (Å²) >= 11 is 0. The summed E-state index contributed by atoms with van der Waals surface area (Å²) in [5.41, 5.74) is 3.01. The van der Waals surface area contributed by atoms with E-state index < -0.39 is 8.07 Å². The summed E-state index contributed by atoms with van der Waals surface area (Å²) < 4.78 is 16.0. The van der Waals surface area contributed by atoms with Crippen LogP contribution in [0.3, 0.4) is 0 Å². The maximum absolute atomic E-state index is 14.0. The van der Waals surface area contributed by atoms with E-state index in [1.165, 1.54) is 41.9 Å². The molecule has 1 amide bonds. The number of carbonyl (C=O) groups is 1. The summed E-state index contributed by atoms with van der Waals surface area (Å²) in [6, 6.07) is 22.7. The van der Waals surface area contributed by atoms with Gasteiger partial charge in [-0.1, -0.05) is 68.4 Å². The molecule has 0 radical (unpaired) electrons. The van der Waals surface area contributed by atoms with Crippen LogP contribution in [0.1, 0.15) is 43.2 Å². The molecule has 0 aliphatic carbocycles. The molecule has 0 saturated carbocycles. The molecular formula is C30H35FN4OSi. The molecule has 3 heterocycles. The Hall–Kier alpha value is -3.45. The van der Waals surface area contributed by atoms with E-state index in [-0.39, 0.29) is 11.7 Å². The van der Waals surface area contributed by atoms with Crippen LogP contribution in [-0.4, -0.2) is 36.6 Å². The lowest BCUT2D eigenvalue weighted by atomic mass is 10.2. The molecule has 0 unspecified atom stereocenters. The molecule has 2 aromatic heterocycles. The predicted molar refractivity (Wildman–Crippen MR) is 153 cm³/mol. The van der Waals surface area contributed by atoms with E-state index in [0.717, 1.165) is 35.4 Å². The first-order valence-electron chi connectivity index (χ1n) is 13.4. The fraction of sp³-hybridized carbons (Fsp3) is 0.333. The summed E-state index contributed by atoms with van der Waals surface area (Å²) in [6.07, 6.45) is 2.91. The molecule has 0 bridgehead atoms. The molecule has 2 aromatic carbocycles. The number of fused-ring (bicyclic) bond motifs is 1. The Kier molecular flexibility index (Phi) is 7.15.